The molecule has 4 amide bonds. The largest absolute Gasteiger partial charge is 0.325 e. The Balaban J connectivity index is 1.69. The maximum Gasteiger partial charge on any atom is 0.325 e. The summed E-state index contributed by atoms with van der Waals surface area (Å²) in [5.41, 5.74) is -0.663. The minimum atomic E-state index is -3.90. The van der Waals surface area contributed by atoms with E-state index in [1.807, 2.05) is 0 Å². The summed E-state index contributed by atoms with van der Waals surface area (Å²) < 4.78 is 22.7. The molecule has 2 fully saturated rings. The van der Waals surface area contributed by atoms with Gasteiger partial charge in [0.1, 0.15) is 12.1 Å². The van der Waals surface area contributed by atoms with Gasteiger partial charge in [0.15, 0.2) is 0 Å². The maximum absolute atomic E-state index is 12.5. The Kier molecular flexibility index (Phi) is 4.25. The number of hydrogen-bond acceptors (Lipinski definition) is 5. The molecule has 1 aliphatic carbocycles. The van der Waals surface area contributed by atoms with Crippen LogP contribution < -0.4 is 15.8 Å². The van der Waals surface area contributed by atoms with Crippen LogP contribution in [0.3, 0.4) is 0 Å². The quantitative estimate of drug-likeness (QED) is 0.650. The first kappa shape index (κ1) is 17.4. The van der Waals surface area contributed by atoms with Gasteiger partial charge in [0.05, 0.1) is 4.90 Å². The van der Waals surface area contributed by atoms with Crippen LogP contribution in [0.25, 0.3) is 0 Å². The fourth-order valence-electron chi connectivity index (χ4n) is 3.23. The van der Waals surface area contributed by atoms with Gasteiger partial charge in [0.2, 0.25) is 15.9 Å². The van der Waals surface area contributed by atoms with Gasteiger partial charge in [-0.3, -0.25) is 14.5 Å². The Morgan fingerprint density at radius 1 is 1.28 bits per heavy atom. The third-order valence-electron chi connectivity index (χ3n) is 4.45. The molecule has 0 radical (unpaired) electrons. The molecule has 1 aromatic carbocycles. The zero-order valence-corrected chi connectivity index (χ0v) is 14.1. The SMILES string of the molecule is NS(=O)(=O)c1cccc(NC(=O)CN2C(=O)NC3(CCCC3)C2=O)c1. The van der Waals surface area contributed by atoms with E-state index in [4.69, 9.17) is 5.14 Å². The van der Waals surface area contributed by atoms with Crippen LogP contribution in [-0.4, -0.2) is 43.2 Å². The van der Waals surface area contributed by atoms with Crippen LogP contribution in [0.1, 0.15) is 25.7 Å². The molecule has 134 valence electrons. The average Bonchev–Trinajstić information content (AvgIpc) is 3.08. The highest BCUT2D eigenvalue weighted by Crippen LogP contribution is 2.34. The minimum absolute atomic E-state index is 0.148. The van der Waals surface area contributed by atoms with Crippen molar-refractivity contribution in [2.75, 3.05) is 11.9 Å². The van der Waals surface area contributed by atoms with Crippen molar-refractivity contribution in [3.63, 3.8) is 0 Å². The molecular formula is C15H18N4O5S. The van der Waals surface area contributed by atoms with Gasteiger partial charge in [-0.1, -0.05) is 18.9 Å². The molecule has 10 heteroatoms. The molecule has 0 bridgehead atoms. The number of amides is 4. The van der Waals surface area contributed by atoms with Gasteiger partial charge in [-0.15, -0.1) is 0 Å². The molecule has 1 saturated carbocycles. The van der Waals surface area contributed by atoms with E-state index in [0.717, 1.165) is 17.7 Å². The zero-order valence-electron chi connectivity index (χ0n) is 13.3. The second-order valence-electron chi connectivity index (χ2n) is 6.23. The summed E-state index contributed by atoms with van der Waals surface area (Å²) in [7, 11) is -3.90. The van der Waals surface area contributed by atoms with Crippen molar-refractivity contribution in [2.24, 2.45) is 5.14 Å². The average molecular weight is 366 g/mol. The molecule has 25 heavy (non-hydrogen) atoms. The van der Waals surface area contributed by atoms with E-state index in [1.165, 1.54) is 24.3 Å². The standard InChI is InChI=1S/C15H18N4O5S/c16-25(23,24)11-5-3-4-10(8-11)17-12(20)9-19-13(21)15(18-14(19)22)6-1-2-7-15/h3-5,8H,1-2,6-7,9H2,(H,17,20)(H,18,22)(H2,16,23,24). The van der Waals surface area contributed by atoms with E-state index in [9.17, 15) is 22.8 Å². The van der Waals surface area contributed by atoms with Gasteiger partial charge in [0.25, 0.3) is 5.91 Å². The van der Waals surface area contributed by atoms with Gasteiger partial charge in [0, 0.05) is 5.69 Å². The summed E-state index contributed by atoms with van der Waals surface area (Å²) >= 11 is 0. The molecule has 1 spiro atoms. The molecule has 1 aromatic rings. The van der Waals surface area contributed by atoms with Gasteiger partial charge < -0.3 is 10.6 Å². The lowest BCUT2D eigenvalue weighted by Crippen LogP contribution is -2.44. The van der Waals surface area contributed by atoms with Crippen molar-refractivity contribution in [3.8, 4) is 0 Å². The van der Waals surface area contributed by atoms with Crippen molar-refractivity contribution in [3.05, 3.63) is 24.3 Å². The molecule has 1 aliphatic heterocycles. The summed E-state index contributed by atoms with van der Waals surface area (Å²) in [4.78, 5) is 37.4. The summed E-state index contributed by atoms with van der Waals surface area (Å²) in [6.07, 6.45) is 2.86. The van der Waals surface area contributed by atoms with Crippen molar-refractivity contribution in [1.29, 1.82) is 0 Å². The molecule has 2 aliphatic rings. The highest BCUT2D eigenvalue weighted by atomic mass is 32.2. The summed E-state index contributed by atoms with van der Waals surface area (Å²) in [5, 5.41) is 10.2. The van der Waals surface area contributed by atoms with E-state index in [2.05, 4.69) is 10.6 Å². The lowest BCUT2D eigenvalue weighted by Gasteiger charge is -2.19. The second-order valence-corrected chi connectivity index (χ2v) is 7.79. The molecular weight excluding hydrogens is 348 g/mol. The molecule has 1 heterocycles. The Bertz CT molecular complexity index is 845. The number of nitrogens with two attached hydrogens (primary N) is 1. The number of urea groups is 1. The van der Waals surface area contributed by atoms with E-state index in [-0.39, 0.29) is 16.5 Å². The van der Waals surface area contributed by atoms with Gasteiger partial charge in [-0.2, -0.15) is 0 Å². The van der Waals surface area contributed by atoms with Crippen molar-refractivity contribution in [1.82, 2.24) is 10.2 Å². The second kappa shape index (κ2) is 6.12. The zero-order chi connectivity index (χ0) is 18.2. The first-order chi connectivity index (χ1) is 11.7. The topological polar surface area (TPSA) is 139 Å². The molecule has 9 nitrogen and oxygen atoms in total. The number of benzene rings is 1. The highest BCUT2D eigenvalue weighted by molar-refractivity contribution is 7.89. The van der Waals surface area contributed by atoms with Crippen LogP contribution in [-0.2, 0) is 19.6 Å². The smallest absolute Gasteiger partial charge is 0.324 e. The number of anilines is 1. The van der Waals surface area contributed by atoms with Gasteiger partial charge >= 0.3 is 6.03 Å². The Morgan fingerprint density at radius 2 is 1.96 bits per heavy atom. The number of imide groups is 1. The van der Waals surface area contributed by atoms with Crippen molar-refractivity contribution in [2.45, 2.75) is 36.1 Å². The van der Waals surface area contributed by atoms with Crippen molar-refractivity contribution >= 4 is 33.6 Å². The highest BCUT2D eigenvalue weighted by Gasteiger charge is 2.52. The maximum atomic E-state index is 12.5. The monoisotopic (exact) mass is 366 g/mol. The predicted octanol–water partition coefficient (Wildman–Crippen LogP) is 0.137. The number of carbonyl (C=O) groups is 3. The number of sulfonamides is 1. The van der Waals surface area contributed by atoms with E-state index in [0.29, 0.717) is 12.8 Å². The van der Waals surface area contributed by atoms with E-state index >= 15 is 0 Å². The summed E-state index contributed by atoms with van der Waals surface area (Å²) in [5.74, 6) is -0.992. The van der Waals surface area contributed by atoms with Crippen LogP contribution in [0.2, 0.25) is 0 Å². The predicted molar refractivity (Wildman–Crippen MR) is 87.9 cm³/mol. The number of nitrogens with zero attached hydrogens (tertiary/aromatic N) is 1. The number of rotatable bonds is 4. The summed E-state index contributed by atoms with van der Waals surface area (Å²) in [6.45, 7) is -0.438. The third kappa shape index (κ3) is 3.35. The molecule has 3 rings (SSSR count). The van der Waals surface area contributed by atoms with Crippen LogP contribution in [0.15, 0.2) is 29.2 Å². The fourth-order valence-corrected chi connectivity index (χ4v) is 3.79. The Morgan fingerprint density at radius 3 is 2.60 bits per heavy atom. The number of primary sulfonamides is 1. The first-order valence-electron chi connectivity index (χ1n) is 7.78. The molecule has 1 saturated heterocycles. The van der Waals surface area contributed by atoms with Crippen molar-refractivity contribution < 1.29 is 22.8 Å². The van der Waals surface area contributed by atoms with E-state index < -0.39 is 34.0 Å². The Hall–Kier alpha value is -2.46. The van der Waals surface area contributed by atoms with Crippen LogP contribution in [0.5, 0.6) is 0 Å². The number of hydrogen-bond donors (Lipinski definition) is 3. The fraction of sp³-hybridized carbons (Fsp3) is 0.400. The number of nitrogens with one attached hydrogen (secondary N) is 2. The summed E-state index contributed by atoms with van der Waals surface area (Å²) in [6, 6.07) is 4.83. The lowest BCUT2D eigenvalue weighted by atomic mass is 9.98. The van der Waals surface area contributed by atoms with E-state index in [1.54, 1.807) is 0 Å². The van der Waals surface area contributed by atoms with Crippen LogP contribution >= 0.6 is 0 Å². The Labute approximate surface area is 144 Å². The first-order valence-corrected chi connectivity index (χ1v) is 9.33. The molecule has 0 unspecified atom stereocenters. The lowest BCUT2D eigenvalue weighted by molar-refractivity contribution is -0.133. The molecule has 0 aromatic heterocycles. The number of carbonyl (C=O) groups excluding carboxylic acids is 3. The molecule has 4 N–H and O–H groups in total. The van der Waals surface area contributed by atoms with Crippen LogP contribution in [0, 0.1) is 0 Å². The minimum Gasteiger partial charge on any atom is -0.324 e. The van der Waals surface area contributed by atoms with Gasteiger partial charge in [-0.25, -0.2) is 18.4 Å². The normalized spacial score (nSPS) is 19.3. The molecule has 0 atom stereocenters. The third-order valence-corrected chi connectivity index (χ3v) is 5.36. The van der Waals surface area contributed by atoms with Gasteiger partial charge in [-0.05, 0) is 31.0 Å². The van der Waals surface area contributed by atoms with Crippen LogP contribution in [0.4, 0.5) is 10.5 Å².